The lowest BCUT2D eigenvalue weighted by Gasteiger charge is -2.28. The zero-order valence-electron chi connectivity index (χ0n) is 30.8. The van der Waals surface area contributed by atoms with E-state index in [1.54, 1.807) is 0 Å². The third-order valence-electron chi connectivity index (χ3n) is 10.8. The third-order valence-corrected chi connectivity index (χ3v) is 10.8. The average molecular weight is 715 g/mol. The summed E-state index contributed by atoms with van der Waals surface area (Å²) in [5, 5.41) is 7.44. The van der Waals surface area contributed by atoms with Crippen LogP contribution in [0.3, 0.4) is 0 Å². The van der Waals surface area contributed by atoms with E-state index < -0.39 is 0 Å². The van der Waals surface area contributed by atoms with Gasteiger partial charge in [-0.1, -0.05) is 146 Å². The molecule has 0 N–H and O–H groups in total. The van der Waals surface area contributed by atoms with Crippen molar-refractivity contribution in [3.63, 3.8) is 0 Å². The molecule has 0 radical (unpaired) electrons. The summed E-state index contributed by atoms with van der Waals surface area (Å²) in [5.74, 6) is 0. The van der Waals surface area contributed by atoms with Crippen molar-refractivity contribution in [2.24, 2.45) is 0 Å². The standard InChI is InChI=1S/C54H38N2/c1-2-16-49(17-3-1)56(54-31-26-41-12-6-9-15-46(41)38-54)53-34-32-52(33-35-53)55(50-27-22-42(23-28-50)47-20-18-39-10-4-7-13-44(39)36-47)51-29-24-43(25-30-51)48-21-19-40-11-5-8-14-45(40)37-48/h1-38H. The first-order valence-corrected chi connectivity index (χ1v) is 19.2. The molecule has 0 spiro atoms. The van der Waals surface area contributed by atoms with Gasteiger partial charge in [-0.25, -0.2) is 0 Å². The van der Waals surface area contributed by atoms with E-state index in [0.29, 0.717) is 0 Å². The topological polar surface area (TPSA) is 6.48 Å². The van der Waals surface area contributed by atoms with Crippen LogP contribution in [0.4, 0.5) is 34.1 Å². The van der Waals surface area contributed by atoms with Gasteiger partial charge in [0.15, 0.2) is 0 Å². The van der Waals surface area contributed by atoms with E-state index >= 15 is 0 Å². The van der Waals surface area contributed by atoms with Gasteiger partial charge in [0, 0.05) is 34.1 Å². The Balaban J connectivity index is 1.04. The van der Waals surface area contributed by atoms with Crippen LogP contribution < -0.4 is 9.80 Å². The summed E-state index contributed by atoms with van der Waals surface area (Å²) in [6.45, 7) is 0. The van der Waals surface area contributed by atoms with Gasteiger partial charge in [-0.05, 0) is 140 Å². The molecule has 56 heavy (non-hydrogen) atoms. The lowest BCUT2D eigenvalue weighted by molar-refractivity contribution is 1.26. The second-order valence-corrected chi connectivity index (χ2v) is 14.3. The molecule has 10 aromatic rings. The highest BCUT2D eigenvalue weighted by Gasteiger charge is 2.17. The molecule has 0 atom stereocenters. The van der Waals surface area contributed by atoms with Crippen LogP contribution in [0.1, 0.15) is 0 Å². The minimum Gasteiger partial charge on any atom is -0.311 e. The first-order valence-electron chi connectivity index (χ1n) is 19.2. The molecule has 0 aliphatic heterocycles. The SMILES string of the molecule is c1ccc(N(c2ccc(N(c3ccc(-c4ccc5ccccc5c4)cc3)c3ccc(-c4ccc5ccccc5c4)cc3)cc2)c2ccc3ccccc3c2)cc1. The van der Waals surface area contributed by atoms with Gasteiger partial charge < -0.3 is 9.80 Å². The van der Waals surface area contributed by atoms with Crippen molar-refractivity contribution < 1.29 is 0 Å². The Morgan fingerprint density at radius 2 is 0.464 bits per heavy atom. The Labute approximate surface area is 327 Å². The van der Waals surface area contributed by atoms with Crippen molar-refractivity contribution in [1.82, 2.24) is 0 Å². The second-order valence-electron chi connectivity index (χ2n) is 14.3. The highest BCUT2D eigenvalue weighted by molar-refractivity contribution is 5.91. The highest BCUT2D eigenvalue weighted by atomic mass is 15.2. The van der Waals surface area contributed by atoms with Crippen molar-refractivity contribution in [2.45, 2.75) is 0 Å². The van der Waals surface area contributed by atoms with E-state index in [1.807, 2.05) is 0 Å². The minimum atomic E-state index is 1.08. The number of para-hydroxylation sites is 1. The van der Waals surface area contributed by atoms with Gasteiger partial charge in [-0.3, -0.25) is 0 Å². The summed E-state index contributed by atoms with van der Waals surface area (Å²) in [4.78, 5) is 4.68. The smallest absolute Gasteiger partial charge is 0.0468 e. The molecule has 0 bridgehead atoms. The Morgan fingerprint density at radius 1 is 0.179 bits per heavy atom. The maximum Gasteiger partial charge on any atom is 0.0468 e. The number of nitrogens with zero attached hydrogens (tertiary/aromatic N) is 2. The Hall–Kier alpha value is -7.42. The molecule has 0 aromatic heterocycles. The van der Waals surface area contributed by atoms with Gasteiger partial charge in [-0.15, -0.1) is 0 Å². The van der Waals surface area contributed by atoms with Crippen molar-refractivity contribution in [2.75, 3.05) is 9.80 Å². The lowest BCUT2D eigenvalue weighted by atomic mass is 10.00. The number of hydrogen-bond acceptors (Lipinski definition) is 2. The monoisotopic (exact) mass is 714 g/mol. The molecule has 10 aromatic carbocycles. The fourth-order valence-corrected chi connectivity index (χ4v) is 7.88. The molecule has 2 heteroatoms. The van der Waals surface area contributed by atoms with E-state index in [1.165, 1.54) is 54.6 Å². The van der Waals surface area contributed by atoms with E-state index in [4.69, 9.17) is 0 Å². The molecule has 0 heterocycles. The van der Waals surface area contributed by atoms with Crippen LogP contribution in [0.25, 0.3) is 54.6 Å². The molecule has 10 rings (SSSR count). The average Bonchev–Trinajstić information content (AvgIpc) is 3.27. The van der Waals surface area contributed by atoms with Crippen LogP contribution in [-0.4, -0.2) is 0 Å². The van der Waals surface area contributed by atoms with Crippen molar-refractivity contribution in [1.29, 1.82) is 0 Å². The van der Waals surface area contributed by atoms with Crippen molar-refractivity contribution in [3.8, 4) is 22.3 Å². The van der Waals surface area contributed by atoms with Crippen LogP contribution >= 0.6 is 0 Å². The van der Waals surface area contributed by atoms with Crippen molar-refractivity contribution in [3.05, 3.63) is 231 Å². The fraction of sp³-hybridized carbons (Fsp3) is 0. The molecule has 0 aliphatic carbocycles. The van der Waals surface area contributed by atoms with Gasteiger partial charge in [0.05, 0.1) is 0 Å². The summed E-state index contributed by atoms with van der Waals surface area (Å²) in [6.07, 6.45) is 0. The quantitative estimate of drug-likeness (QED) is 0.155. The molecular weight excluding hydrogens is 677 g/mol. The van der Waals surface area contributed by atoms with Gasteiger partial charge in [0.1, 0.15) is 0 Å². The summed E-state index contributed by atoms with van der Waals surface area (Å²) in [5.41, 5.74) is 11.4. The van der Waals surface area contributed by atoms with E-state index in [2.05, 4.69) is 240 Å². The molecule has 0 saturated heterocycles. The van der Waals surface area contributed by atoms with Gasteiger partial charge in [0.25, 0.3) is 0 Å². The lowest BCUT2D eigenvalue weighted by Crippen LogP contribution is -2.12. The maximum absolute atomic E-state index is 2.35. The number of rotatable bonds is 8. The van der Waals surface area contributed by atoms with Crippen LogP contribution in [-0.2, 0) is 0 Å². The third kappa shape index (κ3) is 6.44. The van der Waals surface area contributed by atoms with Crippen LogP contribution in [0.15, 0.2) is 231 Å². The van der Waals surface area contributed by atoms with Gasteiger partial charge >= 0.3 is 0 Å². The largest absolute Gasteiger partial charge is 0.311 e. The molecular formula is C54H38N2. The van der Waals surface area contributed by atoms with Crippen molar-refractivity contribution >= 4 is 66.4 Å². The number of fused-ring (bicyclic) bond motifs is 3. The number of hydrogen-bond donors (Lipinski definition) is 0. The summed E-state index contributed by atoms with van der Waals surface area (Å²) in [6, 6.07) is 83.2. The molecule has 0 fully saturated rings. The fourth-order valence-electron chi connectivity index (χ4n) is 7.88. The van der Waals surface area contributed by atoms with Gasteiger partial charge in [0.2, 0.25) is 0 Å². The Kier molecular flexibility index (Phi) is 8.55. The Bertz CT molecular complexity index is 2830. The molecule has 0 saturated carbocycles. The molecule has 0 amide bonds. The highest BCUT2D eigenvalue weighted by Crippen LogP contribution is 2.41. The first-order chi connectivity index (χ1) is 27.7. The zero-order chi connectivity index (χ0) is 37.3. The van der Waals surface area contributed by atoms with E-state index in [9.17, 15) is 0 Å². The second kappa shape index (κ2) is 14.4. The first kappa shape index (κ1) is 33.2. The van der Waals surface area contributed by atoms with E-state index in [0.717, 1.165) is 34.1 Å². The molecule has 264 valence electrons. The van der Waals surface area contributed by atoms with Crippen LogP contribution in [0.2, 0.25) is 0 Å². The predicted molar refractivity (Wildman–Crippen MR) is 239 cm³/mol. The predicted octanol–water partition coefficient (Wildman–Crippen LogP) is 15.4. The number of benzene rings is 10. The summed E-state index contributed by atoms with van der Waals surface area (Å²) < 4.78 is 0. The Morgan fingerprint density at radius 3 is 0.911 bits per heavy atom. The molecule has 0 aliphatic rings. The zero-order valence-corrected chi connectivity index (χ0v) is 30.8. The molecule has 0 unspecified atom stereocenters. The van der Waals surface area contributed by atoms with Crippen LogP contribution in [0.5, 0.6) is 0 Å². The van der Waals surface area contributed by atoms with Crippen LogP contribution in [0, 0.1) is 0 Å². The number of anilines is 6. The van der Waals surface area contributed by atoms with Gasteiger partial charge in [-0.2, -0.15) is 0 Å². The summed E-state index contributed by atoms with van der Waals surface area (Å²) in [7, 11) is 0. The minimum absolute atomic E-state index is 1.08. The normalized spacial score (nSPS) is 11.2. The van der Waals surface area contributed by atoms with E-state index in [-0.39, 0.29) is 0 Å². The maximum atomic E-state index is 2.35. The summed E-state index contributed by atoms with van der Waals surface area (Å²) >= 11 is 0. The molecule has 2 nitrogen and oxygen atoms in total.